The fourth-order valence-electron chi connectivity index (χ4n) is 7.25. The maximum Gasteiger partial charge on any atom is 0.494 e. The zero-order chi connectivity index (χ0) is 34.3. The molecule has 0 amide bonds. The first-order chi connectivity index (χ1) is 22.2. The summed E-state index contributed by atoms with van der Waals surface area (Å²) in [5.74, 6) is -3.19. The van der Waals surface area contributed by atoms with Crippen molar-refractivity contribution in [3.63, 3.8) is 0 Å². The first kappa shape index (κ1) is 46.6. The van der Waals surface area contributed by atoms with Gasteiger partial charge in [-0.25, -0.2) is 14.4 Å². The number of halogens is 3. The predicted octanol–water partition coefficient (Wildman–Crippen LogP) is 5.10. The van der Waals surface area contributed by atoms with E-state index in [0.717, 1.165) is 20.0 Å². The maximum absolute atomic E-state index is 14.3. The second kappa shape index (κ2) is 20.2. The number of likely N-dealkylation sites (N-methyl/N-ethyl adjacent to an activating group) is 1. The number of rotatable bonds is 10. The molecule has 0 aliphatic carbocycles. The van der Waals surface area contributed by atoms with Gasteiger partial charge in [0.1, 0.15) is 6.10 Å². The maximum atomic E-state index is 14.3. The van der Waals surface area contributed by atoms with E-state index in [9.17, 15) is 27.6 Å². The molecule has 10 nitrogen and oxygen atoms in total. The number of quaternary nitrogens is 2. The van der Waals surface area contributed by atoms with Crippen LogP contribution in [0.2, 0.25) is 0 Å². The molecular weight excluding hydrogens is 1110 g/mol. The topological polar surface area (TPSA) is 97.4 Å². The van der Waals surface area contributed by atoms with Crippen LogP contribution in [0.4, 0.5) is 13.2 Å². The monoisotopic (exact) mass is 1160 g/mol. The summed E-state index contributed by atoms with van der Waals surface area (Å²) in [5, 5.41) is 0. The van der Waals surface area contributed by atoms with Crippen molar-refractivity contribution in [2.24, 2.45) is 0 Å². The number of alkyl halides is 3. The van der Waals surface area contributed by atoms with Gasteiger partial charge in [-0.15, -0.1) is 0 Å². The number of ether oxygens (including phenoxy) is 3. The van der Waals surface area contributed by atoms with Gasteiger partial charge in [-0.05, 0) is 11.1 Å². The molecule has 50 heavy (non-hydrogen) atoms. The van der Waals surface area contributed by atoms with Gasteiger partial charge < -0.3 is 30.6 Å². The van der Waals surface area contributed by atoms with Crippen molar-refractivity contribution in [3.05, 3.63) is 79.2 Å². The molecule has 3 aliphatic rings. The number of hydrogen-bond acceptors (Lipinski definition) is 8. The summed E-state index contributed by atoms with van der Waals surface area (Å²) in [5.41, 5.74) is -0.239. The summed E-state index contributed by atoms with van der Waals surface area (Å²) in [7, 11) is 6.57. The Morgan fingerprint density at radius 3 is 1.70 bits per heavy atom. The standard InChI is InChI=1S/C31H42N2O5.C3H3F3O3.CH3.2U/c1-32(2,3)22-29(34)36-23-37-31(24-12-6-4-7-13-24,25-14-8-5-9-15-25)30(35)38-28-20-26-16-17-27(21-28)33(26)18-10-11-19-33;1-8-9-2(7)3(4,5)6;;;/h4-9,12-15,26-28H,10-11,16-23H2,1-3H3;1H3;1H3;;/q+2;;-1;;. The third-order valence-corrected chi connectivity index (χ3v) is 9.17. The van der Waals surface area contributed by atoms with Crippen molar-refractivity contribution in [3.8, 4) is 0 Å². The van der Waals surface area contributed by atoms with E-state index in [1.165, 1.54) is 43.3 Å². The first-order valence-electron chi connectivity index (χ1n) is 15.8. The quantitative estimate of drug-likeness (QED) is 0.0811. The minimum Gasteiger partial charge on any atom is -0.459 e. The van der Waals surface area contributed by atoms with Gasteiger partial charge >= 0.3 is 24.1 Å². The molecule has 3 aliphatic heterocycles. The normalized spacial score (nSPS) is 20.5. The van der Waals surface area contributed by atoms with Gasteiger partial charge in [0.2, 0.25) is 5.60 Å². The Morgan fingerprint density at radius 1 is 0.820 bits per heavy atom. The van der Waals surface area contributed by atoms with Gasteiger partial charge in [0, 0.05) is 101 Å². The second-order valence-corrected chi connectivity index (χ2v) is 13.3. The minimum atomic E-state index is -4.98. The van der Waals surface area contributed by atoms with E-state index in [1.54, 1.807) is 0 Å². The molecule has 2 unspecified atom stereocenters. The van der Waals surface area contributed by atoms with E-state index in [1.807, 2.05) is 81.8 Å². The Morgan fingerprint density at radius 2 is 1.30 bits per heavy atom. The van der Waals surface area contributed by atoms with Crippen LogP contribution in [0.15, 0.2) is 60.7 Å². The van der Waals surface area contributed by atoms with Crippen molar-refractivity contribution >= 4 is 17.9 Å². The molecule has 5 rings (SSSR count). The summed E-state index contributed by atoms with van der Waals surface area (Å²) in [6, 6.07) is 20.0. The Kier molecular flexibility index (Phi) is 18.8. The molecule has 2 aromatic rings. The molecule has 2 atom stereocenters. The van der Waals surface area contributed by atoms with E-state index < -0.39 is 23.7 Å². The molecular formula is C35H48F3N2O8U2+. The summed E-state index contributed by atoms with van der Waals surface area (Å²) in [6.45, 7) is 2.39. The number of piperidine rings is 1. The zero-order valence-electron chi connectivity index (χ0n) is 29.4. The number of nitrogens with zero attached hydrogens (tertiary/aromatic N) is 2. The van der Waals surface area contributed by atoms with Gasteiger partial charge in [0.05, 0.1) is 53.4 Å². The van der Waals surface area contributed by atoms with Crippen LogP contribution in [-0.4, -0.2) is 106 Å². The minimum absolute atomic E-state index is 0. The third kappa shape index (κ3) is 11.5. The van der Waals surface area contributed by atoms with Crippen LogP contribution >= 0.6 is 0 Å². The summed E-state index contributed by atoms with van der Waals surface area (Å²) in [4.78, 5) is 43.0. The predicted molar refractivity (Wildman–Crippen MR) is 169 cm³/mol. The van der Waals surface area contributed by atoms with Crippen molar-refractivity contribution in [2.75, 3.05) is 54.7 Å². The van der Waals surface area contributed by atoms with Crippen LogP contribution in [0.5, 0.6) is 0 Å². The van der Waals surface area contributed by atoms with Gasteiger partial charge in [0.15, 0.2) is 13.3 Å². The van der Waals surface area contributed by atoms with E-state index in [0.29, 0.717) is 27.7 Å². The number of benzene rings is 2. The van der Waals surface area contributed by atoms with Gasteiger partial charge in [-0.3, -0.25) is 4.89 Å². The SMILES string of the molecule is COOC(=O)C(F)(F)F.C[N+](C)(C)CC(=O)OCOC(C(=O)OC1CC2CCC(C1)[N+]21CCCC1)(c1ccccc1)c1ccccc1.[CH3-].[U].[U]. The number of carbonyl (C=O) groups is 3. The molecule has 2 aromatic carbocycles. The molecule has 0 N–H and O–H groups in total. The van der Waals surface area contributed by atoms with E-state index in [-0.39, 0.29) is 95.1 Å². The van der Waals surface area contributed by atoms with E-state index >= 15 is 0 Å². The summed E-state index contributed by atoms with van der Waals surface area (Å²) in [6.07, 6.45) is 1.75. The van der Waals surface area contributed by atoms with Crippen molar-refractivity contribution < 1.29 is 123 Å². The molecule has 3 heterocycles. The zero-order valence-corrected chi connectivity index (χ0v) is 37.7. The Balaban J connectivity index is 0.000000924. The van der Waals surface area contributed by atoms with Crippen molar-refractivity contribution in [1.29, 1.82) is 0 Å². The van der Waals surface area contributed by atoms with E-state index in [2.05, 4.69) is 9.78 Å². The average Bonchev–Trinajstić information content (AvgIpc) is 3.56. The van der Waals surface area contributed by atoms with Crippen LogP contribution < -0.4 is 0 Å². The van der Waals surface area contributed by atoms with Gasteiger partial charge in [-0.2, -0.15) is 18.1 Å². The van der Waals surface area contributed by atoms with Crippen LogP contribution in [0, 0.1) is 69.7 Å². The summed E-state index contributed by atoms with van der Waals surface area (Å²) >= 11 is 0. The Hall–Kier alpha value is -1.42. The van der Waals surface area contributed by atoms with Gasteiger partial charge in [0.25, 0.3) is 0 Å². The van der Waals surface area contributed by atoms with Crippen LogP contribution in [-0.2, 0) is 44.0 Å². The largest absolute Gasteiger partial charge is 0.494 e. The van der Waals surface area contributed by atoms with E-state index in [4.69, 9.17) is 14.2 Å². The smallest absolute Gasteiger partial charge is 0.459 e. The van der Waals surface area contributed by atoms with Crippen LogP contribution in [0.25, 0.3) is 0 Å². The second-order valence-electron chi connectivity index (χ2n) is 13.3. The molecule has 0 radical (unpaired) electrons. The molecule has 15 heteroatoms. The first-order valence-corrected chi connectivity index (χ1v) is 15.8. The number of esters is 2. The van der Waals surface area contributed by atoms with Crippen molar-refractivity contribution in [2.45, 2.75) is 68.5 Å². The fourth-order valence-corrected chi connectivity index (χ4v) is 7.25. The Bertz CT molecular complexity index is 1300. The van der Waals surface area contributed by atoms with Crippen LogP contribution in [0.1, 0.15) is 49.7 Å². The molecule has 274 valence electrons. The molecule has 2 bridgehead atoms. The fraction of sp³-hybridized carbons (Fsp3) is 0.543. The average molecular weight is 1160 g/mol. The number of hydrogen-bond donors (Lipinski definition) is 0. The third-order valence-electron chi connectivity index (χ3n) is 9.17. The molecule has 3 fully saturated rings. The summed E-state index contributed by atoms with van der Waals surface area (Å²) < 4.78 is 53.1. The molecule has 3 saturated heterocycles. The van der Waals surface area contributed by atoms with Crippen molar-refractivity contribution in [1.82, 2.24) is 0 Å². The molecule has 0 saturated carbocycles. The molecule has 1 spiro atoms. The van der Waals surface area contributed by atoms with Gasteiger partial charge in [-0.1, -0.05) is 60.7 Å². The molecule has 0 aromatic heterocycles. The number of carbonyl (C=O) groups excluding carboxylic acids is 3. The van der Waals surface area contributed by atoms with Crippen LogP contribution in [0.3, 0.4) is 0 Å². The Labute approximate surface area is 340 Å².